The first kappa shape index (κ1) is 10.1. The van der Waals surface area contributed by atoms with Crippen molar-refractivity contribution in [3.05, 3.63) is 71.8 Å². The molecule has 2 rings (SSSR count). The summed E-state index contributed by atoms with van der Waals surface area (Å²) in [6.07, 6.45) is 0. The molecule has 0 unspecified atom stereocenters. The third-order valence-corrected chi connectivity index (χ3v) is 2.94. The van der Waals surface area contributed by atoms with Crippen molar-refractivity contribution in [3.63, 3.8) is 0 Å². The molecule has 0 spiro atoms. The predicted octanol–water partition coefficient (Wildman–Crippen LogP) is 3.63. The number of rotatable bonds is 2. The molecule has 0 saturated carbocycles. The summed E-state index contributed by atoms with van der Waals surface area (Å²) in [5, 5.41) is 0. The van der Waals surface area contributed by atoms with Crippen LogP contribution in [0.1, 0.15) is 11.1 Å². The first-order valence-electron chi connectivity index (χ1n) is 4.92. The van der Waals surface area contributed by atoms with Gasteiger partial charge in [-0.15, -0.1) is 0 Å². The Kier molecular flexibility index (Phi) is 3.70. The normalized spacial score (nSPS) is 9.33. The van der Waals surface area contributed by atoms with Gasteiger partial charge in [-0.3, -0.25) is 0 Å². The van der Waals surface area contributed by atoms with Gasteiger partial charge in [-0.05, 0) is 0 Å². The zero-order valence-corrected chi connectivity index (χ0v) is 9.27. The molecule has 0 N–H and O–H groups in total. The van der Waals surface area contributed by atoms with Gasteiger partial charge >= 0.3 is 91.2 Å². The van der Waals surface area contributed by atoms with Gasteiger partial charge < -0.3 is 0 Å². The van der Waals surface area contributed by atoms with E-state index in [1.807, 2.05) is 12.1 Å². The van der Waals surface area contributed by atoms with E-state index in [1.165, 1.54) is 19.0 Å². The summed E-state index contributed by atoms with van der Waals surface area (Å²) in [5.74, 6) is 4.40. The molecule has 2 aromatic rings. The first-order valence-corrected chi connectivity index (χ1v) is 5.95. The number of benzene rings is 2. The second kappa shape index (κ2) is 5.48. The average molecular weight is 211 g/mol. The Balaban J connectivity index is 2.16. The van der Waals surface area contributed by atoms with Gasteiger partial charge in [0.2, 0.25) is 0 Å². The Morgan fingerprint density at radius 1 is 0.600 bits per heavy atom. The Labute approximate surface area is 91.6 Å². The van der Waals surface area contributed by atoms with E-state index in [0.29, 0.717) is 0 Å². The Morgan fingerprint density at radius 2 is 1.00 bits per heavy atom. The number of hydrogen-bond acceptors (Lipinski definition) is 0. The molecule has 0 aliphatic heterocycles. The van der Waals surface area contributed by atoms with Gasteiger partial charge in [0, 0.05) is 0 Å². The molecule has 0 fully saturated rings. The molecular formula is C14H12P+. The molecule has 1 heteroatoms. The molecule has 0 aliphatic carbocycles. The molecular weight excluding hydrogens is 199 g/mol. The van der Waals surface area contributed by atoms with Gasteiger partial charge in [0.15, 0.2) is 0 Å². The molecule has 0 bridgehead atoms. The summed E-state index contributed by atoms with van der Waals surface area (Å²) in [5.41, 5.74) is 2.54. The van der Waals surface area contributed by atoms with Gasteiger partial charge in [0.25, 0.3) is 0 Å². The molecule has 15 heavy (non-hydrogen) atoms. The van der Waals surface area contributed by atoms with Crippen molar-refractivity contribution in [3.8, 4) is 0 Å². The van der Waals surface area contributed by atoms with E-state index in [9.17, 15) is 0 Å². The second-order valence-electron chi connectivity index (χ2n) is 3.23. The van der Waals surface area contributed by atoms with E-state index >= 15 is 0 Å². The van der Waals surface area contributed by atoms with Crippen molar-refractivity contribution in [2.24, 2.45) is 0 Å². The third-order valence-electron chi connectivity index (χ3n) is 2.05. The van der Waals surface area contributed by atoms with Crippen molar-refractivity contribution < 1.29 is 0 Å². The van der Waals surface area contributed by atoms with Crippen molar-refractivity contribution in [1.82, 2.24) is 0 Å². The second-order valence-corrected chi connectivity index (χ2v) is 4.04. The van der Waals surface area contributed by atoms with Gasteiger partial charge in [0.05, 0.1) is 0 Å². The fourth-order valence-corrected chi connectivity index (χ4v) is 2.05. The van der Waals surface area contributed by atoms with E-state index in [4.69, 9.17) is 0 Å². The summed E-state index contributed by atoms with van der Waals surface area (Å²) in [6, 6.07) is 20.8. The molecule has 72 valence electrons. The molecule has 0 amide bonds. The van der Waals surface area contributed by atoms with Crippen LogP contribution in [0.4, 0.5) is 0 Å². The molecule has 2 aromatic carbocycles. The van der Waals surface area contributed by atoms with E-state index in [-0.39, 0.29) is 0 Å². The fraction of sp³-hybridized carbons (Fsp3) is 0. The van der Waals surface area contributed by atoms with Crippen molar-refractivity contribution >= 4 is 19.4 Å². The maximum absolute atomic E-state index is 2.20. The van der Waals surface area contributed by atoms with Gasteiger partial charge in [0.1, 0.15) is 0 Å². The van der Waals surface area contributed by atoms with Gasteiger partial charge in [-0.1, -0.05) is 0 Å². The maximum atomic E-state index is 2.20. The topological polar surface area (TPSA) is 0 Å². The van der Waals surface area contributed by atoms with E-state index in [2.05, 4.69) is 60.1 Å². The SMILES string of the molecule is C(=[P+]=Cc1ccccc1)c1ccccc1. The molecule has 0 atom stereocenters. The zero-order chi connectivity index (χ0) is 10.3. The number of hydrogen-bond donors (Lipinski definition) is 0. The molecule has 0 radical (unpaired) electrons. The molecule has 0 saturated heterocycles. The Morgan fingerprint density at radius 3 is 1.40 bits per heavy atom. The van der Waals surface area contributed by atoms with Crippen LogP contribution in [0.2, 0.25) is 0 Å². The van der Waals surface area contributed by atoms with Crippen LogP contribution in [0.5, 0.6) is 0 Å². The fourth-order valence-electron chi connectivity index (χ4n) is 1.29. The standard InChI is InChI=1S/C14H12P/c1-3-7-13(8-4-1)11-15-12-14-9-5-2-6-10-14/h1-12H/q+1. The van der Waals surface area contributed by atoms with Crippen molar-refractivity contribution in [2.45, 2.75) is 0 Å². The predicted molar refractivity (Wildman–Crippen MR) is 70.1 cm³/mol. The monoisotopic (exact) mass is 211 g/mol. The molecule has 0 aromatic heterocycles. The minimum absolute atomic E-state index is 1.22. The summed E-state index contributed by atoms with van der Waals surface area (Å²) in [4.78, 5) is 0. The average Bonchev–Trinajstić information content (AvgIpc) is 2.32. The van der Waals surface area contributed by atoms with Gasteiger partial charge in [-0.2, -0.15) is 0 Å². The summed E-state index contributed by atoms with van der Waals surface area (Å²) in [6.45, 7) is 0. The van der Waals surface area contributed by atoms with E-state index < -0.39 is 0 Å². The van der Waals surface area contributed by atoms with Crippen LogP contribution >= 0.6 is 7.83 Å². The molecule has 0 nitrogen and oxygen atoms in total. The first-order chi connectivity index (χ1) is 7.45. The van der Waals surface area contributed by atoms with Gasteiger partial charge in [-0.25, -0.2) is 0 Å². The Bertz CT molecular complexity index is 422. The zero-order valence-electron chi connectivity index (χ0n) is 8.38. The van der Waals surface area contributed by atoms with Crippen LogP contribution < -0.4 is 0 Å². The van der Waals surface area contributed by atoms with E-state index in [1.54, 1.807) is 0 Å². The quantitative estimate of drug-likeness (QED) is 0.665. The van der Waals surface area contributed by atoms with Crippen molar-refractivity contribution in [1.29, 1.82) is 0 Å². The Hall–Kier alpha value is -1.39. The van der Waals surface area contributed by atoms with Crippen LogP contribution in [0.3, 0.4) is 0 Å². The molecule has 0 aliphatic rings. The molecule has 0 heterocycles. The van der Waals surface area contributed by atoms with Crippen LogP contribution in [0.25, 0.3) is 0 Å². The van der Waals surface area contributed by atoms with E-state index in [0.717, 1.165) is 0 Å². The van der Waals surface area contributed by atoms with Crippen LogP contribution in [0.15, 0.2) is 60.7 Å². The minimum atomic E-state index is 1.22. The third kappa shape index (κ3) is 3.34. The summed E-state index contributed by atoms with van der Waals surface area (Å²) >= 11 is 0. The van der Waals surface area contributed by atoms with Crippen LogP contribution in [-0.4, -0.2) is 11.6 Å². The van der Waals surface area contributed by atoms with Crippen LogP contribution in [0, 0.1) is 0 Å². The summed E-state index contributed by atoms with van der Waals surface area (Å²) in [7, 11) is 1.22. The van der Waals surface area contributed by atoms with Crippen molar-refractivity contribution in [2.75, 3.05) is 0 Å². The van der Waals surface area contributed by atoms with Crippen LogP contribution in [-0.2, 0) is 0 Å². The summed E-state index contributed by atoms with van der Waals surface area (Å²) < 4.78 is 0.